The number of nitrogens with one attached hydrogen (secondary N) is 1. The molecule has 0 aliphatic heterocycles. The summed E-state index contributed by atoms with van der Waals surface area (Å²) in [5.74, 6) is -0.483. The third-order valence-corrected chi connectivity index (χ3v) is 6.85. The third-order valence-electron chi connectivity index (χ3n) is 4.80. The maximum absolute atomic E-state index is 12.6. The molecule has 1 amide bonds. The Hall–Kier alpha value is -2.20. The number of rotatable bonds is 9. The van der Waals surface area contributed by atoms with Gasteiger partial charge in [-0.1, -0.05) is 33.1 Å². The van der Waals surface area contributed by atoms with E-state index in [4.69, 9.17) is 4.74 Å². The number of hydrogen-bond acceptors (Lipinski definition) is 6. The number of sulfonamides is 1. The lowest BCUT2D eigenvalue weighted by Gasteiger charge is -2.22. The highest BCUT2D eigenvalue weighted by molar-refractivity contribution is 7.89. The number of amides is 1. The van der Waals surface area contributed by atoms with Gasteiger partial charge in [0.15, 0.2) is 12.4 Å². The van der Waals surface area contributed by atoms with E-state index >= 15 is 0 Å². The SMILES string of the molecule is CCN(CC)S(=O)(=O)c1ccc(OCC(=O)NC2CCCCC2)c([N+](=O)[O-])c1. The first kappa shape index (κ1) is 22.1. The second-order valence-electron chi connectivity index (χ2n) is 6.67. The van der Waals surface area contributed by atoms with Crippen LogP contribution >= 0.6 is 0 Å². The molecule has 1 fully saturated rings. The Morgan fingerprint density at radius 1 is 1.25 bits per heavy atom. The summed E-state index contributed by atoms with van der Waals surface area (Å²) in [7, 11) is -3.83. The van der Waals surface area contributed by atoms with Gasteiger partial charge in [0.2, 0.25) is 10.0 Å². The number of nitro groups is 1. The van der Waals surface area contributed by atoms with E-state index in [1.54, 1.807) is 13.8 Å². The topological polar surface area (TPSA) is 119 Å². The minimum Gasteiger partial charge on any atom is -0.477 e. The van der Waals surface area contributed by atoms with E-state index in [1.807, 2.05) is 0 Å². The van der Waals surface area contributed by atoms with Gasteiger partial charge in [0, 0.05) is 25.2 Å². The maximum atomic E-state index is 12.6. The summed E-state index contributed by atoms with van der Waals surface area (Å²) in [6.45, 7) is 3.54. The van der Waals surface area contributed by atoms with Crippen molar-refractivity contribution in [3.63, 3.8) is 0 Å². The van der Waals surface area contributed by atoms with Crippen molar-refractivity contribution >= 4 is 21.6 Å². The molecule has 0 atom stereocenters. The van der Waals surface area contributed by atoms with Gasteiger partial charge in [0.1, 0.15) is 0 Å². The van der Waals surface area contributed by atoms with Gasteiger partial charge in [-0.3, -0.25) is 14.9 Å². The molecule has 28 heavy (non-hydrogen) atoms. The molecule has 1 aromatic rings. The normalized spacial score (nSPS) is 15.4. The fourth-order valence-electron chi connectivity index (χ4n) is 3.29. The van der Waals surface area contributed by atoms with E-state index in [-0.39, 0.29) is 42.3 Å². The van der Waals surface area contributed by atoms with Crippen LogP contribution in [-0.4, -0.2) is 49.3 Å². The number of nitro benzene ring substituents is 1. The van der Waals surface area contributed by atoms with Crippen LogP contribution in [0.1, 0.15) is 46.0 Å². The average molecular weight is 413 g/mol. The minimum absolute atomic E-state index is 0.112. The van der Waals surface area contributed by atoms with Crippen LogP contribution in [-0.2, 0) is 14.8 Å². The zero-order chi connectivity index (χ0) is 20.7. The van der Waals surface area contributed by atoms with Crippen molar-refractivity contribution in [2.45, 2.75) is 56.9 Å². The molecule has 156 valence electrons. The van der Waals surface area contributed by atoms with Crippen molar-refractivity contribution in [3.05, 3.63) is 28.3 Å². The van der Waals surface area contributed by atoms with Crippen LogP contribution in [0.3, 0.4) is 0 Å². The van der Waals surface area contributed by atoms with Crippen LogP contribution in [0, 0.1) is 10.1 Å². The largest absolute Gasteiger partial charge is 0.477 e. The minimum atomic E-state index is -3.83. The number of carbonyl (C=O) groups excluding carboxylic acids is 1. The van der Waals surface area contributed by atoms with Gasteiger partial charge in [-0.15, -0.1) is 0 Å². The highest BCUT2D eigenvalue weighted by atomic mass is 32.2. The molecule has 0 radical (unpaired) electrons. The second-order valence-corrected chi connectivity index (χ2v) is 8.61. The van der Waals surface area contributed by atoms with Crippen LogP contribution < -0.4 is 10.1 Å². The highest BCUT2D eigenvalue weighted by Crippen LogP contribution is 2.31. The Morgan fingerprint density at radius 2 is 1.89 bits per heavy atom. The molecule has 0 saturated heterocycles. The molecule has 0 spiro atoms. The van der Waals surface area contributed by atoms with Crippen LogP contribution in [0.15, 0.2) is 23.1 Å². The van der Waals surface area contributed by atoms with Gasteiger partial charge in [0.25, 0.3) is 5.91 Å². The van der Waals surface area contributed by atoms with Crippen molar-refractivity contribution in [3.8, 4) is 5.75 Å². The van der Waals surface area contributed by atoms with Gasteiger partial charge in [-0.05, 0) is 25.0 Å². The molecule has 0 unspecified atom stereocenters. The van der Waals surface area contributed by atoms with E-state index < -0.39 is 20.6 Å². The predicted molar refractivity (Wildman–Crippen MR) is 104 cm³/mol. The van der Waals surface area contributed by atoms with Crippen LogP contribution in [0.25, 0.3) is 0 Å². The quantitative estimate of drug-likeness (QED) is 0.491. The summed E-state index contributed by atoms with van der Waals surface area (Å²) in [6, 6.07) is 3.57. The van der Waals surface area contributed by atoms with E-state index in [0.29, 0.717) is 0 Å². The third kappa shape index (κ3) is 5.41. The summed E-state index contributed by atoms with van der Waals surface area (Å²) in [6.07, 6.45) is 5.14. The number of carbonyl (C=O) groups is 1. The summed E-state index contributed by atoms with van der Waals surface area (Å²) in [5.41, 5.74) is -0.487. The Morgan fingerprint density at radius 3 is 2.46 bits per heavy atom. The molecular formula is C18H27N3O6S. The molecule has 1 aliphatic carbocycles. The summed E-state index contributed by atoms with van der Waals surface area (Å²) >= 11 is 0. The Balaban J connectivity index is 2.12. The van der Waals surface area contributed by atoms with Crippen molar-refractivity contribution < 1.29 is 22.9 Å². The van der Waals surface area contributed by atoms with Crippen molar-refractivity contribution in [2.75, 3.05) is 19.7 Å². The van der Waals surface area contributed by atoms with Crippen molar-refractivity contribution in [1.82, 2.24) is 9.62 Å². The van der Waals surface area contributed by atoms with Gasteiger partial charge >= 0.3 is 5.69 Å². The van der Waals surface area contributed by atoms with Gasteiger partial charge in [-0.25, -0.2) is 8.42 Å². The number of nitrogens with zero attached hydrogens (tertiary/aromatic N) is 2. The van der Waals surface area contributed by atoms with Crippen LogP contribution in [0.5, 0.6) is 5.75 Å². The second kappa shape index (κ2) is 9.83. The molecular weight excluding hydrogens is 386 g/mol. The number of ether oxygens (including phenoxy) is 1. The van der Waals surface area contributed by atoms with E-state index in [2.05, 4.69) is 5.32 Å². The van der Waals surface area contributed by atoms with Crippen LogP contribution in [0.4, 0.5) is 5.69 Å². The van der Waals surface area contributed by atoms with E-state index in [1.165, 1.54) is 16.4 Å². The monoisotopic (exact) mass is 413 g/mol. The molecule has 1 N–H and O–H groups in total. The number of benzene rings is 1. The first-order valence-corrected chi connectivity index (χ1v) is 10.9. The molecule has 9 nitrogen and oxygen atoms in total. The van der Waals surface area contributed by atoms with E-state index in [9.17, 15) is 23.3 Å². The zero-order valence-electron chi connectivity index (χ0n) is 16.2. The maximum Gasteiger partial charge on any atom is 0.312 e. The fraction of sp³-hybridized carbons (Fsp3) is 0.611. The molecule has 0 aromatic heterocycles. The van der Waals surface area contributed by atoms with Gasteiger partial charge < -0.3 is 10.1 Å². The van der Waals surface area contributed by atoms with Crippen LogP contribution in [0.2, 0.25) is 0 Å². The standard InChI is InChI=1S/C18H27N3O6S/c1-3-20(4-2)28(25,26)15-10-11-17(16(12-15)21(23)24)27-13-18(22)19-14-8-6-5-7-9-14/h10-12,14H,3-9,13H2,1-2H3,(H,19,22). The molecule has 0 bridgehead atoms. The lowest BCUT2D eigenvalue weighted by Crippen LogP contribution is -2.39. The summed E-state index contributed by atoms with van der Waals surface area (Å²) in [4.78, 5) is 22.5. The average Bonchev–Trinajstić information content (AvgIpc) is 2.67. The molecule has 1 saturated carbocycles. The molecule has 10 heteroatoms. The molecule has 2 rings (SSSR count). The Kier molecular flexibility index (Phi) is 7.76. The number of hydrogen-bond donors (Lipinski definition) is 1. The summed E-state index contributed by atoms with van der Waals surface area (Å²) in [5, 5.41) is 14.3. The zero-order valence-corrected chi connectivity index (χ0v) is 17.0. The smallest absolute Gasteiger partial charge is 0.312 e. The first-order valence-electron chi connectivity index (χ1n) is 9.50. The molecule has 1 aromatic carbocycles. The predicted octanol–water partition coefficient (Wildman–Crippen LogP) is 2.45. The summed E-state index contributed by atoms with van der Waals surface area (Å²) < 4.78 is 31.7. The Bertz CT molecular complexity index is 802. The van der Waals surface area contributed by atoms with Gasteiger partial charge in [0.05, 0.1) is 9.82 Å². The van der Waals surface area contributed by atoms with Crippen molar-refractivity contribution in [1.29, 1.82) is 0 Å². The Labute approximate surface area is 165 Å². The van der Waals surface area contributed by atoms with E-state index in [0.717, 1.165) is 38.2 Å². The van der Waals surface area contributed by atoms with Crippen molar-refractivity contribution in [2.24, 2.45) is 0 Å². The molecule has 1 aliphatic rings. The lowest BCUT2D eigenvalue weighted by molar-refractivity contribution is -0.386. The van der Waals surface area contributed by atoms with Gasteiger partial charge in [-0.2, -0.15) is 4.31 Å². The lowest BCUT2D eigenvalue weighted by atomic mass is 9.95. The fourth-order valence-corrected chi connectivity index (χ4v) is 4.77. The molecule has 0 heterocycles. The highest BCUT2D eigenvalue weighted by Gasteiger charge is 2.26. The first-order chi connectivity index (χ1) is 13.3.